The van der Waals surface area contributed by atoms with Crippen LogP contribution < -0.4 is 4.74 Å². The van der Waals surface area contributed by atoms with Crippen molar-refractivity contribution in [3.63, 3.8) is 0 Å². The van der Waals surface area contributed by atoms with E-state index >= 15 is 0 Å². The fourth-order valence-corrected chi connectivity index (χ4v) is 2.17. The highest BCUT2D eigenvalue weighted by atomic mass is 79.9. The first-order valence-electron chi connectivity index (χ1n) is 6.18. The fraction of sp³-hybridized carbons (Fsp3) is 0.154. The van der Waals surface area contributed by atoms with Crippen molar-refractivity contribution >= 4 is 21.7 Å². The molecule has 0 amide bonds. The van der Waals surface area contributed by atoms with Crippen LogP contribution in [-0.2, 0) is 6.18 Å². The van der Waals surface area contributed by atoms with E-state index in [1.807, 2.05) is 0 Å². The number of benzene rings is 1. The molecule has 0 bridgehead atoms. The van der Waals surface area contributed by atoms with E-state index in [1.54, 1.807) is 6.92 Å². The van der Waals surface area contributed by atoms with E-state index in [4.69, 9.17) is 4.74 Å². The standard InChI is InChI=1S/C13H7BrF4N4O/c1-6-4-10(23-7-2-3-9(15)8(14)5-7)22-12(19-6)20-11(21-22)13(16,17)18/h2-5H,1H3. The van der Waals surface area contributed by atoms with Crippen LogP contribution in [0.4, 0.5) is 17.6 Å². The lowest BCUT2D eigenvalue weighted by atomic mass is 10.3. The number of fused-ring (bicyclic) bond motifs is 1. The van der Waals surface area contributed by atoms with Gasteiger partial charge in [0.05, 0.1) is 4.47 Å². The van der Waals surface area contributed by atoms with Crippen LogP contribution in [-0.4, -0.2) is 19.6 Å². The Hall–Kier alpha value is -2.23. The third kappa shape index (κ3) is 3.11. The number of rotatable bonds is 2. The Labute approximate surface area is 135 Å². The van der Waals surface area contributed by atoms with E-state index in [1.165, 1.54) is 18.2 Å². The van der Waals surface area contributed by atoms with Gasteiger partial charge in [0.25, 0.3) is 11.6 Å². The van der Waals surface area contributed by atoms with Gasteiger partial charge in [0, 0.05) is 11.8 Å². The zero-order valence-electron chi connectivity index (χ0n) is 11.4. The first-order chi connectivity index (χ1) is 10.7. The molecule has 0 aliphatic rings. The van der Waals surface area contributed by atoms with Gasteiger partial charge in [-0.05, 0) is 41.1 Å². The molecule has 0 spiro atoms. The zero-order valence-corrected chi connectivity index (χ0v) is 13.0. The Kier molecular flexibility index (Phi) is 3.71. The van der Waals surface area contributed by atoms with Crippen LogP contribution in [0.15, 0.2) is 28.7 Å². The Bertz CT molecular complexity index is 894. The van der Waals surface area contributed by atoms with Gasteiger partial charge < -0.3 is 4.74 Å². The quantitative estimate of drug-likeness (QED) is 0.617. The second-order valence-electron chi connectivity index (χ2n) is 4.56. The lowest BCUT2D eigenvalue weighted by Crippen LogP contribution is -2.07. The molecule has 3 rings (SSSR count). The summed E-state index contributed by atoms with van der Waals surface area (Å²) in [6, 6.07) is 5.24. The third-order valence-electron chi connectivity index (χ3n) is 2.77. The molecule has 10 heteroatoms. The van der Waals surface area contributed by atoms with E-state index in [0.29, 0.717) is 5.69 Å². The van der Waals surface area contributed by atoms with Crippen LogP contribution in [0.5, 0.6) is 11.6 Å². The molecule has 0 fully saturated rings. The van der Waals surface area contributed by atoms with Crippen LogP contribution in [0.1, 0.15) is 11.5 Å². The van der Waals surface area contributed by atoms with Crippen molar-refractivity contribution in [3.8, 4) is 11.6 Å². The highest BCUT2D eigenvalue weighted by molar-refractivity contribution is 9.10. The topological polar surface area (TPSA) is 52.3 Å². The molecular weight excluding hydrogens is 384 g/mol. The van der Waals surface area contributed by atoms with E-state index < -0.39 is 17.8 Å². The minimum atomic E-state index is -4.70. The highest BCUT2D eigenvalue weighted by Crippen LogP contribution is 2.30. The Morgan fingerprint density at radius 2 is 1.91 bits per heavy atom. The van der Waals surface area contributed by atoms with Crippen molar-refractivity contribution < 1.29 is 22.3 Å². The average Bonchev–Trinajstić information content (AvgIpc) is 2.87. The maximum Gasteiger partial charge on any atom is 0.453 e. The molecule has 3 aromatic rings. The summed E-state index contributed by atoms with van der Waals surface area (Å²) in [4.78, 5) is 7.23. The number of hydrogen-bond donors (Lipinski definition) is 0. The second kappa shape index (κ2) is 5.44. The molecule has 0 saturated heterocycles. The van der Waals surface area contributed by atoms with Crippen molar-refractivity contribution in [2.45, 2.75) is 13.1 Å². The summed E-state index contributed by atoms with van der Waals surface area (Å²) in [5.41, 5.74) is 0.398. The number of aryl methyl sites for hydroxylation is 1. The Morgan fingerprint density at radius 3 is 2.57 bits per heavy atom. The summed E-state index contributed by atoms with van der Waals surface area (Å²) >= 11 is 3.00. The van der Waals surface area contributed by atoms with Crippen LogP contribution >= 0.6 is 15.9 Å². The van der Waals surface area contributed by atoms with Gasteiger partial charge >= 0.3 is 6.18 Å². The molecular formula is C13H7BrF4N4O. The van der Waals surface area contributed by atoms with Gasteiger partial charge in [0.15, 0.2) is 0 Å². The predicted octanol–water partition coefficient (Wildman–Crippen LogP) is 4.15. The van der Waals surface area contributed by atoms with E-state index in [9.17, 15) is 17.6 Å². The van der Waals surface area contributed by atoms with E-state index in [-0.39, 0.29) is 21.9 Å². The summed E-state index contributed by atoms with van der Waals surface area (Å²) in [5, 5.41) is 3.37. The molecule has 0 unspecified atom stereocenters. The largest absolute Gasteiger partial charge is 0.453 e. The molecule has 23 heavy (non-hydrogen) atoms. The summed E-state index contributed by atoms with van der Waals surface area (Å²) in [7, 11) is 0. The number of alkyl halides is 3. The molecule has 5 nitrogen and oxygen atoms in total. The summed E-state index contributed by atoms with van der Waals surface area (Å²) in [6.45, 7) is 1.58. The van der Waals surface area contributed by atoms with Gasteiger partial charge in [-0.2, -0.15) is 22.7 Å². The number of hydrogen-bond acceptors (Lipinski definition) is 4. The highest BCUT2D eigenvalue weighted by Gasteiger charge is 2.37. The van der Waals surface area contributed by atoms with Crippen LogP contribution in [0, 0.1) is 12.7 Å². The molecule has 0 saturated carbocycles. The Morgan fingerprint density at radius 1 is 1.17 bits per heavy atom. The first-order valence-corrected chi connectivity index (χ1v) is 6.98. The molecule has 0 aliphatic carbocycles. The van der Waals surface area contributed by atoms with Crippen molar-refractivity contribution in [2.24, 2.45) is 0 Å². The van der Waals surface area contributed by atoms with Crippen molar-refractivity contribution in [3.05, 3.63) is 46.1 Å². The average molecular weight is 391 g/mol. The van der Waals surface area contributed by atoms with E-state index in [0.717, 1.165) is 10.6 Å². The minimum absolute atomic E-state index is 0.0194. The van der Waals surface area contributed by atoms with Gasteiger partial charge in [-0.1, -0.05) is 0 Å². The van der Waals surface area contributed by atoms with Crippen LogP contribution in [0.3, 0.4) is 0 Å². The van der Waals surface area contributed by atoms with Gasteiger partial charge in [0.2, 0.25) is 5.88 Å². The van der Waals surface area contributed by atoms with Gasteiger partial charge in [-0.25, -0.2) is 9.37 Å². The normalized spacial score (nSPS) is 11.9. The van der Waals surface area contributed by atoms with Crippen LogP contribution in [0.25, 0.3) is 5.78 Å². The van der Waals surface area contributed by atoms with Gasteiger partial charge in [-0.3, -0.25) is 0 Å². The maximum atomic E-state index is 13.2. The van der Waals surface area contributed by atoms with Gasteiger partial charge in [-0.15, -0.1) is 5.10 Å². The van der Waals surface area contributed by atoms with Crippen molar-refractivity contribution in [2.75, 3.05) is 0 Å². The van der Waals surface area contributed by atoms with Gasteiger partial charge in [0.1, 0.15) is 11.6 Å². The SMILES string of the molecule is Cc1cc(Oc2ccc(F)c(Br)c2)n2nc(C(F)(F)F)nc2n1. The molecule has 2 heterocycles. The smallest absolute Gasteiger partial charge is 0.439 e. The molecule has 120 valence electrons. The summed E-state index contributed by atoms with van der Waals surface area (Å²) < 4.78 is 57.9. The first kappa shape index (κ1) is 15.7. The predicted molar refractivity (Wildman–Crippen MR) is 74.7 cm³/mol. The number of halogens is 5. The maximum absolute atomic E-state index is 13.2. The Balaban J connectivity index is 2.09. The molecule has 0 radical (unpaired) electrons. The van der Waals surface area contributed by atoms with Crippen molar-refractivity contribution in [1.29, 1.82) is 0 Å². The summed E-state index contributed by atoms with van der Waals surface area (Å²) in [6.07, 6.45) is -4.70. The molecule has 0 atom stereocenters. The van der Waals surface area contributed by atoms with Crippen molar-refractivity contribution in [1.82, 2.24) is 19.6 Å². The minimum Gasteiger partial charge on any atom is -0.439 e. The number of aromatic nitrogens is 4. The van der Waals surface area contributed by atoms with E-state index in [2.05, 4.69) is 31.0 Å². The molecule has 2 aromatic heterocycles. The van der Waals surface area contributed by atoms with Crippen LogP contribution in [0.2, 0.25) is 0 Å². The lowest BCUT2D eigenvalue weighted by molar-refractivity contribution is -0.144. The number of ether oxygens (including phenoxy) is 1. The molecule has 0 aliphatic heterocycles. The lowest BCUT2D eigenvalue weighted by Gasteiger charge is -2.08. The number of nitrogens with zero attached hydrogens (tertiary/aromatic N) is 4. The third-order valence-corrected chi connectivity index (χ3v) is 3.38. The zero-order chi connectivity index (χ0) is 16.8. The summed E-state index contributed by atoms with van der Waals surface area (Å²) in [5.74, 6) is -1.86. The molecule has 0 N–H and O–H groups in total. The fourth-order valence-electron chi connectivity index (χ4n) is 1.81. The molecule has 1 aromatic carbocycles. The second-order valence-corrected chi connectivity index (χ2v) is 5.41. The monoisotopic (exact) mass is 390 g/mol.